The normalized spacial score (nSPS) is 19.3. The Morgan fingerprint density at radius 2 is 1.83 bits per heavy atom. The van der Waals surface area contributed by atoms with E-state index in [9.17, 15) is 14.4 Å². The third-order valence-electron chi connectivity index (χ3n) is 4.10. The van der Waals surface area contributed by atoms with Gasteiger partial charge in [-0.05, 0) is 39.0 Å². The average Bonchev–Trinajstić information content (AvgIpc) is 2.46. The maximum absolute atomic E-state index is 12.4. The number of nitrogens with one attached hydrogen (secondary N) is 2. The molecule has 1 fully saturated rings. The monoisotopic (exact) mass is 325 g/mol. The first-order chi connectivity index (χ1) is 10.8. The fourth-order valence-electron chi connectivity index (χ4n) is 2.81. The van der Waals surface area contributed by atoms with Crippen LogP contribution in [0.2, 0.25) is 0 Å². The van der Waals surface area contributed by atoms with Crippen molar-refractivity contribution in [1.82, 2.24) is 15.5 Å². The van der Waals surface area contributed by atoms with Crippen molar-refractivity contribution < 1.29 is 14.4 Å². The van der Waals surface area contributed by atoms with Crippen LogP contribution in [0.15, 0.2) is 0 Å². The Kier molecular flexibility index (Phi) is 8.06. The lowest BCUT2D eigenvalue weighted by molar-refractivity contribution is -0.138. The second kappa shape index (κ2) is 9.53. The second-order valence-corrected chi connectivity index (χ2v) is 6.86. The lowest BCUT2D eigenvalue weighted by Crippen LogP contribution is -2.51. The van der Waals surface area contributed by atoms with Crippen molar-refractivity contribution in [1.29, 1.82) is 0 Å². The van der Waals surface area contributed by atoms with Gasteiger partial charge in [-0.3, -0.25) is 14.4 Å². The molecule has 1 saturated heterocycles. The molecule has 0 bridgehead atoms. The highest BCUT2D eigenvalue weighted by Crippen LogP contribution is 2.17. The zero-order valence-electron chi connectivity index (χ0n) is 14.9. The van der Waals surface area contributed by atoms with Crippen LogP contribution in [0.25, 0.3) is 0 Å². The second-order valence-electron chi connectivity index (χ2n) is 6.86. The third kappa shape index (κ3) is 7.01. The van der Waals surface area contributed by atoms with Gasteiger partial charge >= 0.3 is 0 Å². The van der Waals surface area contributed by atoms with E-state index in [1.165, 1.54) is 0 Å². The Morgan fingerprint density at radius 3 is 2.43 bits per heavy atom. The minimum Gasteiger partial charge on any atom is -0.356 e. The van der Waals surface area contributed by atoms with E-state index < -0.39 is 6.04 Å². The average molecular weight is 325 g/mol. The predicted molar refractivity (Wildman–Crippen MR) is 89.7 cm³/mol. The van der Waals surface area contributed by atoms with Gasteiger partial charge in [0.2, 0.25) is 17.7 Å². The number of carbonyl (C=O) groups excluding carboxylic acids is 3. The Labute approximate surface area is 139 Å². The zero-order valence-corrected chi connectivity index (χ0v) is 14.9. The smallest absolute Gasteiger partial charge is 0.245 e. The van der Waals surface area contributed by atoms with Crippen molar-refractivity contribution in [3.8, 4) is 0 Å². The number of piperidine rings is 1. The van der Waals surface area contributed by atoms with Gasteiger partial charge in [0.05, 0.1) is 0 Å². The quantitative estimate of drug-likeness (QED) is 0.743. The van der Waals surface area contributed by atoms with Gasteiger partial charge in [0, 0.05) is 32.0 Å². The van der Waals surface area contributed by atoms with Gasteiger partial charge in [-0.1, -0.05) is 13.8 Å². The molecule has 0 aromatic heterocycles. The molecule has 6 nitrogen and oxygen atoms in total. The molecule has 0 unspecified atom stereocenters. The molecule has 1 rings (SSSR count). The Bertz CT molecular complexity index is 423. The number of nitrogens with zero attached hydrogens (tertiary/aromatic N) is 1. The molecular weight excluding hydrogens is 294 g/mol. The molecule has 1 heterocycles. The van der Waals surface area contributed by atoms with Crippen LogP contribution < -0.4 is 10.6 Å². The summed E-state index contributed by atoms with van der Waals surface area (Å²) in [7, 11) is 0. The summed E-state index contributed by atoms with van der Waals surface area (Å²) < 4.78 is 0. The van der Waals surface area contributed by atoms with Crippen LogP contribution in [0.5, 0.6) is 0 Å². The number of likely N-dealkylation sites (tertiary alicyclic amines) is 1. The van der Waals surface area contributed by atoms with Crippen LogP contribution in [-0.4, -0.2) is 47.8 Å². The van der Waals surface area contributed by atoms with Crippen LogP contribution in [0.4, 0.5) is 0 Å². The molecule has 1 aliphatic rings. The zero-order chi connectivity index (χ0) is 17.4. The SMILES string of the molecule is CC(C)CC(=O)NCCC(=O)N[C@H](C)C(=O)N1CCCC[C@H]1C. The Balaban J connectivity index is 2.30. The van der Waals surface area contributed by atoms with Crippen molar-refractivity contribution in [2.75, 3.05) is 13.1 Å². The predicted octanol–water partition coefficient (Wildman–Crippen LogP) is 1.44. The summed E-state index contributed by atoms with van der Waals surface area (Å²) >= 11 is 0. The number of amides is 3. The third-order valence-corrected chi connectivity index (χ3v) is 4.10. The highest BCUT2D eigenvalue weighted by Gasteiger charge is 2.27. The molecule has 0 spiro atoms. The molecule has 132 valence electrons. The van der Waals surface area contributed by atoms with E-state index in [1.807, 2.05) is 18.7 Å². The molecular formula is C17H31N3O3. The van der Waals surface area contributed by atoms with E-state index in [0.717, 1.165) is 25.8 Å². The van der Waals surface area contributed by atoms with E-state index in [1.54, 1.807) is 6.92 Å². The number of hydrogen-bond acceptors (Lipinski definition) is 3. The van der Waals surface area contributed by atoms with Crippen molar-refractivity contribution in [3.63, 3.8) is 0 Å². The summed E-state index contributed by atoms with van der Waals surface area (Å²) in [6.45, 7) is 8.79. The molecule has 0 saturated carbocycles. The van der Waals surface area contributed by atoms with Crippen molar-refractivity contribution in [3.05, 3.63) is 0 Å². The topological polar surface area (TPSA) is 78.5 Å². The molecule has 2 N–H and O–H groups in total. The van der Waals surface area contributed by atoms with Crippen LogP contribution in [0, 0.1) is 5.92 Å². The standard InChI is InChI=1S/C17H31N3O3/c1-12(2)11-16(22)18-9-8-15(21)19-14(4)17(23)20-10-6-5-7-13(20)3/h12-14H,5-11H2,1-4H3,(H,18,22)(H,19,21)/t13-,14-/m1/s1. The maximum atomic E-state index is 12.4. The lowest BCUT2D eigenvalue weighted by Gasteiger charge is -2.35. The minimum atomic E-state index is -0.519. The fourth-order valence-corrected chi connectivity index (χ4v) is 2.81. The molecule has 23 heavy (non-hydrogen) atoms. The highest BCUT2D eigenvalue weighted by molar-refractivity contribution is 5.87. The summed E-state index contributed by atoms with van der Waals surface area (Å²) in [6, 6.07) is -0.277. The van der Waals surface area contributed by atoms with Gasteiger partial charge in [0.1, 0.15) is 6.04 Å². The Hall–Kier alpha value is -1.59. The van der Waals surface area contributed by atoms with Crippen molar-refractivity contribution in [2.24, 2.45) is 5.92 Å². The molecule has 0 aromatic rings. The first kappa shape index (κ1) is 19.5. The van der Waals surface area contributed by atoms with Crippen molar-refractivity contribution in [2.45, 2.75) is 71.9 Å². The van der Waals surface area contributed by atoms with Gasteiger partial charge in [-0.15, -0.1) is 0 Å². The number of hydrogen-bond donors (Lipinski definition) is 2. The van der Waals surface area contributed by atoms with Gasteiger partial charge < -0.3 is 15.5 Å². The van der Waals surface area contributed by atoms with Gasteiger partial charge in [-0.25, -0.2) is 0 Å². The summed E-state index contributed by atoms with van der Waals surface area (Å²) in [4.78, 5) is 37.6. The van der Waals surface area contributed by atoms with Gasteiger partial charge in [0.25, 0.3) is 0 Å². The minimum absolute atomic E-state index is 0.0191. The molecule has 0 aliphatic carbocycles. The van der Waals surface area contributed by atoms with E-state index in [0.29, 0.717) is 18.9 Å². The first-order valence-corrected chi connectivity index (χ1v) is 8.67. The summed E-state index contributed by atoms with van der Waals surface area (Å²) in [5.41, 5.74) is 0. The molecule has 3 amide bonds. The molecule has 0 aromatic carbocycles. The fraction of sp³-hybridized carbons (Fsp3) is 0.824. The largest absolute Gasteiger partial charge is 0.356 e. The van der Waals surface area contributed by atoms with Gasteiger partial charge in [0.15, 0.2) is 0 Å². The van der Waals surface area contributed by atoms with Crippen molar-refractivity contribution >= 4 is 17.7 Å². The van der Waals surface area contributed by atoms with Gasteiger partial charge in [-0.2, -0.15) is 0 Å². The van der Waals surface area contributed by atoms with Crippen LogP contribution in [-0.2, 0) is 14.4 Å². The first-order valence-electron chi connectivity index (χ1n) is 8.67. The number of carbonyl (C=O) groups is 3. The van der Waals surface area contributed by atoms with E-state index in [-0.39, 0.29) is 30.2 Å². The highest BCUT2D eigenvalue weighted by atomic mass is 16.2. The molecule has 0 radical (unpaired) electrons. The molecule has 1 aliphatic heterocycles. The lowest BCUT2D eigenvalue weighted by atomic mass is 10.0. The van der Waals surface area contributed by atoms with Crippen LogP contribution >= 0.6 is 0 Å². The summed E-state index contributed by atoms with van der Waals surface area (Å²) in [5.74, 6) is 0.0295. The van der Waals surface area contributed by atoms with E-state index in [4.69, 9.17) is 0 Å². The number of rotatable bonds is 7. The molecule has 6 heteroatoms. The van der Waals surface area contributed by atoms with Crippen LogP contribution in [0.1, 0.15) is 59.8 Å². The van der Waals surface area contributed by atoms with E-state index in [2.05, 4.69) is 17.6 Å². The van der Waals surface area contributed by atoms with Crippen LogP contribution in [0.3, 0.4) is 0 Å². The Morgan fingerprint density at radius 1 is 1.13 bits per heavy atom. The van der Waals surface area contributed by atoms with E-state index >= 15 is 0 Å². The molecule has 2 atom stereocenters. The summed E-state index contributed by atoms with van der Waals surface area (Å²) in [6.07, 6.45) is 3.86. The maximum Gasteiger partial charge on any atom is 0.245 e. The summed E-state index contributed by atoms with van der Waals surface area (Å²) in [5, 5.41) is 5.45.